The maximum absolute atomic E-state index is 5.44. The van der Waals surface area contributed by atoms with E-state index in [-0.39, 0.29) is 0 Å². The van der Waals surface area contributed by atoms with E-state index in [1.165, 1.54) is 5.57 Å². The molecule has 0 nitrogen and oxygen atoms in total. The van der Waals surface area contributed by atoms with Crippen molar-refractivity contribution in [1.29, 1.82) is 0 Å². The molecule has 0 radical (unpaired) electrons. The van der Waals surface area contributed by atoms with Crippen LogP contribution in [0, 0.1) is 0 Å². The highest BCUT2D eigenvalue weighted by Gasteiger charge is 1.77. The summed E-state index contributed by atoms with van der Waals surface area (Å²) in [5.74, 6) is 0.634. The second-order valence-corrected chi connectivity index (χ2v) is 2.79. The Hall–Kier alpha value is -0.230. The summed E-state index contributed by atoms with van der Waals surface area (Å²) in [6, 6.07) is 0. The average molecular weight is 159 g/mol. The number of halogens is 1. The fraction of sp³-hybridized carbons (Fsp3) is 0.556. The first kappa shape index (κ1) is 9.77. The smallest absolute Gasteiger partial charge is 0.0404 e. The number of hydrogen-bond acceptors (Lipinski definition) is 0. The second-order valence-electron chi connectivity index (χ2n) is 2.48. The first-order valence-electron chi connectivity index (χ1n) is 3.61. The first-order chi connectivity index (χ1) is 4.77. The maximum atomic E-state index is 5.44. The van der Waals surface area contributed by atoms with Crippen molar-refractivity contribution in [3.8, 4) is 0 Å². The average Bonchev–Trinajstić information content (AvgIpc) is 1.87. The minimum atomic E-state index is 0.634. The lowest BCUT2D eigenvalue weighted by molar-refractivity contribution is 1.03. The molecule has 0 N–H and O–H groups in total. The molecule has 0 spiro atoms. The van der Waals surface area contributed by atoms with Crippen LogP contribution in [-0.4, -0.2) is 5.88 Å². The largest absolute Gasteiger partial charge is 0.122 e. The second kappa shape index (κ2) is 6.88. The van der Waals surface area contributed by atoms with Crippen molar-refractivity contribution in [2.24, 2.45) is 0 Å². The Bertz CT molecular complexity index is 119. The molecule has 1 heteroatoms. The minimum absolute atomic E-state index is 0.634. The first-order valence-corrected chi connectivity index (χ1v) is 4.15. The zero-order valence-corrected chi connectivity index (χ0v) is 7.49. The van der Waals surface area contributed by atoms with Gasteiger partial charge in [-0.25, -0.2) is 0 Å². The van der Waals surface area contributed by atoms with Gasteiger partial charge in [-0.15, -0.1) is 11.6 Å². The van der Waals surface area contributed by atoms with Gasteiger partial charge >= 0.3 is 0 Å². The Kier molecular flexibility index (Phi) is 6.73. The van der Waals surface area contributed by atoms with Crippen molar-refractivity contribution in [2.75, 3.05) is 5.88 Å². The van der Waals surface area contributed by atoms with Gasteiger partial charge in [-0.1, -0.05) is 23.8 Å². The van der Waals surface area contributed by atoms with Crippen LogP contribution in [0.2, 0.25) is 0 Å². The van der Waals surface area contributed by atoms with Gasteiger partial charge in [0.05, 0.1) is 0 Å². The lowest BCUT2D eigenvalue weighted by Crippen LogP contribution is -1.68. The molecule has 0 rings (SSSR count). The molecule has 0 aliphatic carbocycles. The molecule has 0 saturated heterocycles. The van der Waals surface area contributed by atoms with E-state index in [2.05, 4.69) is 26.0 Å². The predicted molar refractivity (Wildman–Crippen MR) is 48.5 cm³/mol. The molecule has 0 bridgehead atoms. The molecule has 0 aliphatic heterocycles. The molecule has 0 heterocycles. The van der Waals surface area contributed by atoms with Crippen LogP contribution in [0.5, 0.6) is 0 Å². The fourth-order valence-corrected chi connectivity index (χ4v) is 0.775. The third kappa shape index (κ3) is 7.77. The summed E-state index contributed by atoms with van der Waals surface area (Å²) in [7, 11) is 0. The molecule has 10 heavy (non-hydrogen) atoms. The van der Waals surface area contributed by atoms with Crippen LogP contribution in [0.4, 0.5) is 0 Å². The highest BCUT2D eigenvalue weighted by atomic mass is 35.5. The zero-order valence-electron chi connectivity index (χ0n) is 6.73. The van der Waals surface area contributed by atoms with Crippen LogP contribution < -0.4 is 0 Å². The van der Waals surface area contributed by atoms with Gasteiger partial charge in [0.25, 0.3) is 0 Å². The van der Waals surface area contributed by atoms with Gasteiger partial charge in [0, 0.05) is 5.88 Å². The van der Waals surface area contributed by atoms with Crippen LogP contribution in [0.3, 0.4) is 0 Å². The zero-order chi connectivity index (χ0) is 7.82. The molecule has 58 valence electrons. The van der Waals surface area contributed by atoms with Gasteiger partial charge in [0.15, 0.2) is 0 Å². The Balaban J connectivity index is 3.21. The quantitative estimate of drug-likeness (QED) is 0.334. The van der Waals surface area contributed by atoms with Gasteiger partial charge in [0.1, 0.15) is 0 Å². The Morgan fingerprint density at radius 3 is 2.40 bits per heavy atom. The number of unbranched alkanes of at least 4 members (excludes halogenated alkanes) is 1. The number of hydrogen-bond donors (Lipinski definition) is 0. The summed E-state index contributed by atoms with van der Waals surface area (Å²) >= 11 is 5.44. The Morgan fingerprint density at radius 2 is 1.90 bits per heavy atom. The molecule has 0 aromatic rings. The molecule has 0 atom stereocenters. The van der Waals surface area contributed by atoms with Crippen molar-refractivity contribution in [2.45, 2.75) is 26.7 Å². The Labute approximate surface area is 68.6 Å². The van der Waals surface area contributed by atoms with E-state index in [9.17, 15) is 0 Å². The van der Waals surface area contributed by atoms with Crippen molar-refractivity contribution in [3.05, 3.63) is 23.8 Å². The van der Waals surface area contributed by atoms with E-state index in [1.807, 2.05) is 6.08 Å². The molecule has 0 aromatic carbocycles. The standard InChI is InChI=1S/C9H15Cl/c1-9(2)7-5-3-4-6-8-10/h4,6-7H,3,5,8H2,1-2H3/b6-4+. The Morgan fingerprint density at radius 1 is 1.20 bits per heavy atom. The topological polar surface area (TPSA) is 0 Å². The van der Waals surface area contributed by atoms with Crippen molar-refractivity contribution in [1.82, 2.24) is 0 Å². The molecule has 0 amide bonds. The van der Waals surface area contributed by atoms with E-state index in [0.717, 1.165) is 12.8 Å². The summed E-state index contributed by atoms with van der Waals surface area (Å²) in [6.45, 7) is 4.23. The van der Waals surface area contributed by atoms with Crippen LogP contribution in [0.1, 0.15) is 26.7 Å². The molecular formula is C9H15Cl. The minimum Gasteiger partial charge on any atom is -0.122 e. The van der Waals surface area contributed by atoms with E-state index in [4.69, 9.17) is 11.6 Å². The van der Waals surface area contributed by atoms with Gasteiger partial charge in [-0.2, -0.15) is 0 Å². The monoisotopic (exact) mass is 158 g/mol. The highest BCUT2D eigenvalue weighted by molar-refractivity contribution is 6.18. The summed E-state index contributed by atoms with van der Waals surface area (Å²) in [5.41, 5.74) is 1.39. The van der Waals surface area contributed by atoms with E-state index >= 15 is 0 Å². The summed E-state index contributed by atoms with van der Waals surface area (Å²) < 4.78 is 0. The molecule has 0 saturated carbocycles. The van der Waals surface area contributed by atoms with E-state index < -0.39 is 0 Å². The van der Waals surface area contributed by atoms with Crippen LogP contribution in [0.15, 0.2) is 23.8 Å². The summed E-state index contributed by atoms with van der Waals surface area (Å²) in [6.07, 6.45) is 8.58. The fourth-order valence-electron chi connectivity index (χ4n) is 0.649. The van der Waals surface area contributed by atoms with Gasteiger partial charge in [-0.05, 0) is 26.7 Å². The number of rotatable bonds is 4. The van der Waals surface area contributed by atoms with Gasteiger partial charge in [-0.3, -0.25) is 0 Å². The predicted octanol–water partition coefficient (Wildman–Crippen LogP) is 3.53. The van der Waals surface area contributed by atoms with Crippen LogP contribution in [0.25, 0.3) is 0 Å². The summed E-state index contributed by atoms with van der Waals surface area (Å²) in [5, 5.41) is 0. The lowest BCUT2D eigenvalue weighted by Gasteiger charge is -1.88. The van der Waals surface area contributed by atoms with E-state index in [1.54, 1.807) is 0 Å². The van der Waals surface area contributed by atoms with Crippen molar-refractivity contribution in [3.63, 3.8) is 0 Å². The van der Waals surface area contributed by atoms with E-state index in [0.29, 0.717) is 5.88 Å². The third-order valence-corrected chi connectivity index (χ3v) is 1.32. The summed E-state index contributed by atoms with van der Waals surface area (Å²) in [4.78, 5) is 0. The van der Waals surface area contributed by atoms with Gasteiger partial charge in [0.2, 0.25) is 0 Å². The molecule has 0 aromatic heterocycles. The number of alkyl halides is 1. The van der Waals surface area contributed by atoms with Crippen LogP contribution >= 0.6 is 11.6 Å². The molecule has 0 unspecified atom stereocenters. The lowest BCUT2D eigenvalue weighted by atomic mass is 10.2. The van der Waals surface area contributed by atoms with Crippen molar-refractivity contribution < 1.29 is 0 Å². The molecule has 0 fully saturated rings. The molecular weight excluding hydrogens is 144 g/mol. The van der Waals surface area contributed by atoms with Gasteiger partial charge < -0.3 is 0 Å². The van der Waals surface area contributed by atoms with Crippen LogP contribution in [-0.2, 0) is 0 Å². The third-order valence-electron chi connectivity index (χ3n) is 1.14. The highest BCUT2D eigenvalue weighted by Crippen LogP contribution is 1.97. The van der Waals surface area contributed by atoms with Crippen molar-refractivity contribution >= 4 is 11.6 Å². The SMILES string of the molecule is CC(C)=CCC/C=C/CCl. The molecule has 0 aliphatic rings. The normalized spacial score (nSPS) is 10.3. The maximum Gasteiger partial charge on any atom is 0.0404 e. The number of allylic oxidation sites excluding steroid dienone is 4.